The smallest absolute Gasteiger partial charge is 0.127 e. The Morgan fingerprint density at radius 2 is 1.19 bits per heavy atom. The van der Waals surface area contributed by atoms with E-state index in [1.165, 1.54) is 64.2 Å². The number of fused-ring (bicyclic) bond motifs is 1. The van der Waals surface area contributed by atoms with E-state index in [1.54, 1.807) is 6.07 Å². The molecule has 2 aliphatic carbocycles. The van der Waals surface area contributed by atoms with Gasteiger partial charge in [-0.1, -0.05) is 50.7 Å². The van der Waals surface area contributed by atoms with Crippen LogP contribution in [0.3, 0.4) is 0 Å². The number of nitrogens with one attached hydrogen (secondary N) is 2. The first-order chi connectivity index (χ1) is 14.7. The zero-order valence-corrected chi connectivity index (χ0v) is 20.7. The molecule has 4 rings (SSSR count). The van der Waals surface area contributed by atoms with Crippen molar-refractivity contribution in [3.05, 3.63) is 35.4 Å². The molecule has 2 aromatic carbocycles. The minimum atomic E-state index is 0. The summed E-state index contributed by atoms with van der Waals surface area (Å²) in [5, 5.41) is 30.2. The lowest BCUT2D eigenvalue weighted by Gasteiger charge is -2.22. The summed E-state index contributed by atoms with van der Waals surface area (Å²) in [6.07, 6.45) is 13.4. The quantitative estimate of drug-likeness (QED) is 0.349. The molecular weight excluding hydrogens is 443 g/mol. The zero-order chi connectivity index (χ0) is 20.8. The average Bonchev–Trinajstić information content (AvgIpc) is 2.78. The van der Waals surface area contributed by atoms with Crippen molar-refractivity contribution in [1.29, 1.82) is 0 Å². The molecule has 0 unspecified atom stereocenters. The van der Waals surface area contributed by atoms with Crippen LogP contribution in [0.25, 0.3) is 10.8 Å². The van der Waals surface area contributed by atoms with Crippen molar-refractivity contribution in [2.45, 2.75) is 77.3 Å². The summed E-state index contributed by atoms with van der Waals surface area (Å²) in [6.45, 7) is 3.36. The lowest BCUT2D eigenvalue weighted by molar-refractivity contribution is 0.341. The molecule has 0 spiro atoms. The molecule has 2 fully saturated rings. The number of aromatic hydroxyl groups is 2. The summed E-state index contributed by atoms with van der Waals surface area (Å²) in [4.78, 5) is 0. The minimum absolute atomic E-state index is 0. The van der Waals surface area contributed by atoms with Crippen LogP contribution >= 0.6 is 24.8 Å². The number of benzene rings is 2. The number of phenolic OH excluding ortho intramolecular Hbond substituents is 2. The maximum atomic E-state index is 10.9. The molecule has 180 valence electrons. The predicted octanol–water partition coefficient (Wildman–Crippen LogP) is 6.43. The molecule has 0 bridgehead atoms. The third-order valence-corrected chi connectivity index (χ3v) is 7.28. The van der Waals surface area contributed by atoms with Crippen LogP contribution in [0.2, 0.25) is 0 Å². The van der Waals surface area contributed by atoms with Gasteiger partial charge in [0.2, 0.25) is 0 Å². The van der Waals surface area contributed by atoms with Crippen LogP contribution in [0, 0.1) is 11.8 Å². The van der Waals surface area contributed by atoms with Gasteiger partial charge in [-0.25, -0.2) is 0 Å². The molecule has 0 amide bonds. The molecule has 0 heterocycles. The fourth-order valence-electron chi connectivity index (χ4n) is 5.41. The summed E-state index contributed by atoms with van der Waals surface area (Å²) < 4.78 is 0. The van der Waals surface area contributed by atoms with Crippen LogP contribution in [0.5, 0.6) is 11.5 Å². The van der Waals surface area contributed by atoms with Gasteiger partial charge in [-0.3, -0.25) is 0 Å². The topological polar surface area (TPSA) is 64.5 Å². The molecule has 0 aliphatic heterocycles. The van der Waals surface area contributed by atoms with E-state index in [0.717, 1.165) is 46.8 Å². The van der Waals surface area contributed by atoms with Crippen molar-refractivity contribution in [2.24, 2.45) is 11.8 Å². The third kappa shape index (κ3) is 6.90. The second-order valence-electron chi connectivity index (χ2n) is 9.50. The van der Waals surface area contributed by atoms with Gasteiger partial charge in [-0.2, -0.15) is 0 Å². The van der Waals surface area contributed by atoms with Crippen LogP contribution in [0.15, 0.2) is 24.3 Å². The van der Waals surface area contributed by atoms with Gasteiger partial charge in [0.05, 0.1) is 0 Å². The Labute approximate surface area is 205 Å². The molecule has 2 aromatic rings. The highest BCUT2D eigenvalue weighted by molar-refractivity contribution is 5.93. The van der Waals surface area contributed by atoms with Gasteiger partial charge in [-0.05, 0) is 68.1 Å². The third-order valence-electron chi connectivity index (χ3n) is 7.28. The summed E-state index contributed by atoms with van der Waals surface area (Å²) in [7, 11) is 0. The van der Waals surface area contributed by atoms with Crippen molar-refractivity contribution in [3.63, 3.8) is 0 Å². The summed E-state index contributed by atoms with van der Waals surface area (Å²) >= 11 is 0. The SMILES string of the molecule is Cl.Cl.Oc1ccc2c(O)c(CNCC3CCCCC3)ccc2c1CNCC1CCCCC1. The molecule has 0 radical (unpaired) electrons. The van der Waals surface area contributed by atoms with Gasteiger partial charge in [0.1, 0.15) is 11.5 Å². The van der Waals surface area contributed by atoms with Crippen LogP contribution in [0.1, 0.15) is 75.3 Å². The highest BCUT2D eigenvalue weighted by atomic mass is 35.5. The van der Waals surface area contributed by atoms with Crippen molar-refractivity contribution in [2.75, 3.05) is 13.1 Å². The van der Waals surface area contributed by atoms with E-state index in [0.29, 0.717) is 24.6 Å². The average molecular weight is 484 g/mol. The lowest BCUT2D eigenvalue weighted by Crippen LogP contribution is -2.24. The fraction of sp³-hybridized carbons (Fsp3) is 0.615. The summed E-state index contributed by atoms with van der Waals surface area (Å²) in [6, 6.07) is 7.63. The first-order valence-electron chi connectivity index (χ1n) is 12.1. The Hall–Kier alpha value is -1.20. The van der Waals surface area contributed by atoms with Crippen LogP contribution in [0.4, 0.5) is 0 Å². The highest BCUT2D eigenvalue weighted by Gasteiger charge is 2.16. The normalized spacial score (nSPS) is 17.6. The van der Waals surface area contributed by atoms with Gasteiger partial charge >= 0.3 is 0 Å². The molecule has 6 heteroatoms. The number of rotatable bonds is 8. The van der Waals surface area contributed by atoms with Gasteiger partial charge < -0.3 is 20.8 Å². The Morgan fingerprint density at radius 1 is 0.656 bits per heavy atom. The monoisotopic (exact) mass is 482 g/mol. The van der Waals surface area contributed by atoms with E-state index in [1.807, 2.05) is 12.1 Å². The number of phenols is 2. The van der Waals surface area contributed by atoms with Crippen LogP contribution in [-0.2, 0) is 13.1 Å². The summed E-state index contributed by atoms with van der Waals surface area (Å²) in [5.74, 6) is 2.18. The van der Waals surface area contributed by atoms with E-state index >= 15 is 0 Å². The van der Waals surface area contributed by atoms with Crippen molar-refractivity contribution in [1.82, 2.24) is 10.6 Å². The van der Waals surface area contributed by atoms with Crippen LogP contribution in [-0.4, -0.2) is 23.3 Å². The molecule has 0 saturated heterocycles. The van der Waals surface area contributed by atoms with Gasteiger partial charge in [0.15, 0.2) is 0 Å². The maximum absolute atomic E-state index is 10.9. The van der Waals surface area contributed by atoms with E-state index in [9.17, 15) is 10.2 Å². The minimum Gasteiger partial charge on any atom is -0.508 e. The molecule has 4 N–H and O–H groups in total. The maximum Gasteiger partial charge on any atom is 0.127 e. The second-order valence-corrected chi connectivity index (χ2v) is 9.50. The molecule has 32 heavy (non-hydrogen) atoms. The standard InChI is InChI=1S/C26H38N2O2.2ClH/c29-25-14-13-23-22(24(25)18-28-16-20-9-5-2-6-10-20)12-11-21(26(23)30)17-27-15-19-7-3-1-4-8-19;;/h11-14,19-20,27-30H,1-10,15-18H2;2*1H. The molecule has 2 saturated carbocycles. The molecular formula is C26H40Cl2N2O2. The number of hydrogen-bond donors (Lipinski definition) is 4. The van der Waals surface area contributed by atoms with Crippen molar-refractivity contribution in [3.8, 4) is 11.5 Å². The van der Waals surface area contributed by atoms with E-state index in [2.05, 4.69) is 16.7 Å². The Balaban J connectivity index is 0.00000181. The van der Waals surface area contributed by atoms with E-state index < -0.39 is 0 Å². The molecule has 0 atom stereocenters. The largest absolute Gasteiger partial charge is 0.508 e. The van der Waals surface area contributed by atoms with E-state index in [-0.39, 0.29) is 24.8 Å². The zero-order valence-electron chi connectivity index (χ0n) is 19.1. The highest BCUT2D eigenvalue weighted by Crippen LogP contribution is 2.35. The Bertz CT molecular complexity index is 834. The first-order valence-corrected chi connectivity index (χ1v) is 12.1. The van der Waals surface area contributed by atoms with E-state index in [4.69, 9.17) is 0 Å². The fourth-order valence-corrected chi connectivity index (χ4v) is 5.41. The van der Waals surface area contributed by atoms with Gasteiger partial charge in [0.25, 0.3) is 0 Å². The molecule has 4 nitrogen and oxygen atoms in total. The second kappa shape index (κ2) is 13.5. The number of halogens is 2. The van der Waals surface area contributed by atoms with Crippen molar-refractivity contribution < 1.29 is 10.2 Å². The Kier molecular flexibility index (Phi) is 11.4. The van der Waals surface area contributed by atoms with Gasteiger partial charge in [-0.15, -0.1) is 24.8 Å². The molecule has 0 aromatic heterocycles. The Morgan fingerprint density at radius 3 is 1.78 bits per heavy atom. The lowest BCUT2D eigenvalue weighted by atomic mass is 9.89. The summed E-state index contributed by atoms with van der Waals surface area (Å²) in [5.41, 5.74) is 1.82. The first kappa shape index (κ1) is 27.0. The van der Waals surface area contributed by atoms with Gasteiger partial charge in [0, 0.05) is 29.6 Å². The predicted molar refractivity (Wildman–Crippen MR) is 138 cm³/mol. The van der Waals surface area contributed by atoms with Crippen LogP contribution < -0.4 is 10.6 Å². The van der Waals surface area contributed by atoms with Crippen molar-refractivity contribution >= 4 is 35.6 Å². The molecule has 2 aliphatic rings. The number of hydrogen-bond acceptors (Lipinski definition) is 4.